The predicted octanol–water partition coefficient (Wildman–Crippen LogP) is 3.11. The van der Waals surface area contributed by atoms with Crippen LogP contribution in [0.1, 0.15) is 50.6 Å². The number of hydrogen-bond acceptors (Lipinski definition) is 4. The lowest BCUT2D eigenvalue weighted by atomic mass is 9.81. The molecule has 0 amide bonds. The molecule has 3 rings (SSSR count). The van der Waals surface area contributed by atoms with Crippen LogP contribution in [0.3, 0.4) is 0 Å². The molecule has 2 N–H and O–H groups in total. The predicted molar refractivity (Wildman–Crippen MR) is 88.5 cm³/mol. The summed E-state index contributed by atoms with van der Waals surface area (Å²) in [4.78, 5) is 2.36. The van der Waals surface area contributed by atoms with Gasteiger partial charge in [0.25, 0.3) is 0 Å². The lowest BCUT2D eigenvalue weighted by Gasteiger charge is -2.45. The first-order valence-corrected chi connectivity index (χ1v) is 8.52. The average molecular weight is 304 g/mol. The van der Waals surface area contributed by atoms with Gasteiger partial charge in [-0.1, -0.05) is 19.4 Å². The highest BCUT2D eigenvalue weighted by atomic mass is 16.5. The van der Waals surface area contributed by atoms with Gasteiger partial charge in [0, 0.05) is 37.2 Å². The van der Waals surface area contributed by atoms with Gasteiger partial charge < -0.3 is 20.1 Å². The van der Waals surface area contributed by atoms with Gasteiger partial charge in [0.2, 0.25) is 0 Å². The van der Waals surface area contributed by atoms with E-state index < -0.39 is 0 Å². The van der Waals surface area contributed by atoms with E-state index in [1.165, 1.54) is 0 Å². The van der Waals surface area contributed by atoms with E-state index in [1.807, 2.05) is 12.1 Å². The van der Waals surface area contributed by atoms with E-state index in [-0.39, 0.29) is 11.6 Å². The van der Waals surface area contributed by atoms with E-state index in [9.17, 15) is 0 Å². The molecule has 0 saturated carbocycles. The molecule has 1 aromatic rings. The van der Waals surface area contributed by atoms with Crippen LogP contribution < -0.4 is 15.2 Å². The zero-order valence-corrected chi connectivity index (χ0v) is 13.8. The normalized spacial score (nSPS) is 23.9. The molecule has 0 radical (unpaired) electrons. The quantitative estimate of drug-likeness (QED) is 0.868. The molecule has 2 heterocycles. The molecule has 0 aromatic heterocycles. The minimum absolute atomic E-state index is 0.0665. The van der Waals surface area contributed by atoms with Gasteiger partial charge in [0.15, 0.2) is 0 Å². The molecule has 1 fully saturated rings. The number of hydrogen-bond donors (Lipinski definition) is 1. The summed E-state index contributed by atoms with van der Waals surface area (Å²) in [5.41, 5.74) is 7.46. The van der Waals surface area contributed by atoms with E-state index in [1.54, 1.807) is 0 Å². The first kappa shape index (κ1) is 15.6. The van der Waals surface area contributed by atoms with Crippen molar-refractivity contribution in [2.45, 2.75) is 50.7 Å². The van der Waals surface area contributed by atoms with E-state index in [0.29, 0.717) is 0 Å². The largest absolute Gasteiger partial charge is 0.493 e. The highest BCUT2D eigenvalue weighted by Gasteiger charge is 2.41. The SMILES string of the molecule is CCCCOc1ccc2c(c1)OC1(CCN(C)CC1)CC2N. The van der Waals surface area contributed by atoms with E-state index >= 15 is 0 Å². The molecule has 1 aromatic carbocycles. The Labute approximate surface area is 133 Å². The zero-order valence-electron chi connectivity index (χ0n) is 13.8. The second kappa shape index (κ2) is 6.47. The van der Waals surface area contributed by atoms with Crippen LogP contribution >= 0.6 is 0 Å². The van der Waals surface area contributed by atoms with Crippen molar-refractivity contribution >= 4 is 0 Å². The Morgan fingerprint density at radius 1 is 1.36 bits per heavy atom. The van der Waals surface area contributed by atoms with Crippen molar-refractivity contribution in [2.24, 2.45) is 5.73 Å². The molecule has 1 spiro atoms. The molecule has 1 atom stereocenters. The van der Waals surface area contributed by atoms with E-state index in [0.717, 1.165) is 68.9 Å². The summed E-state index contributed by atoms with van der Waals surface area (Å²) in [6.07, 6.45) is 5.25. The van der Waals surface area contributed by atoms with Gasteiger partial charge >= 0.3 is 0 Å². The van der Waals surface area contributed by atoms with Crippen molar-refractivity contribution in [2.75, 3.05) is 26.7 Å². The Balaban J connectivity index is 1.76. The number of nitrogens with zero attached hydrogens (tertiary/aromatic N) is 1. The highest BCUT2D eigenvalue weighted by molar-refractivity contribution is 5.44. The second-order valence-electron chi connectivity index (χ2n) is 6.80. The fourth-order valence-electron chi connectivity index (χ4n) is 3.45. The molecule has 2 aliphatic rings. The lowest BCUT2D eigenvalue weighted by molar-refractivity contribution is -0.0165. The second-order valence-corrected chi connectivity index (χ2v) is 6.80. The maximum Gasteiger partial charge on any atom is 0.128 e. The van der Waals surface area contributed by atoms with Crippen LogP contribution in [0.2, 0.25) is 0 Å². The van der Waals surface area contributed by atoms with Crippen LogP contribution in [0.25, 0.3) is 0 Å². The highest BCUT2D eigenvalue weighted by Crippen LogP contribution is 2.44. The fourth-order valence-corrected chi connectivity index (χ4v) is 3.45. The van der Waals surface area contributed by atoms with Crippen LogP contribution in [0.5, 0.6) is 11.5 Å². The Bertz CT molecular complexity index is 510. The number of benzene rings is 1. The Kier molecular flexibility index (Phi) is 4.59. The topological polar surface area (TPSA) is 47.7 Å². The van der Waals surface area contributed by atoms with Gasteiger partial charge in [-0.25, -0.2) is 0 Å². The molecular weight excluding hydrogens is 276 g/mol. The molecular formula is C18H28N2O2. The molecule has 0 bridgehead atoms. The Morgan fingerprint density at radius 2 is 2.14 bits per heavy atom. The zero-order chi connectivity index (χ0) is 15.6. The van der Waals surface area contributed by atoms with Crippen molar-refractivity contribution in [1.29, 1.82) is 0 Å². The third-order valence-electron chi connectivity index (χ3n) is 4.97. The summed E-state index contributed by atoms with van der Waals surface area (Å²) in [5.74, 6) is 1.82. The number of fused-ring (bicyclic) bond motifs is 1. The molecule has 22 heavy (non-hydrogen) atoms. The van der Waals surface area contributed by atoms with Gasteiger partial charge in [-0.2, -0.15) is 0 Å². The first-order valence-electron chi connectivity index (χ1n) is 8.52. The molecule has 4 heteroatoms. The van der Waals surface area contributed by atoms with Crippen LogP contribution in [0, 0.1) is 0 Å². The fraction of sp³-hybridized carbons (Fsp3) is 0.667. The molecule has 0 aliphatic carbocycles. The summed E-state index contributed by atoms with van der Waals surface area (Å²) in [6, 6.07) is 6.19. The Morgan fingerprint density at radius 3 is 2.86 bits per heavy atom. The molecule has 122 valence electrons. The summed E-state index contributed by atoms with van der Waals surface area (Å²) in [6.45, 7) is 5.09. The number of likely N-dealkylation sites (tertiary alicyclic amines) is 1. The smallest absolute Gasteiger partial charge is 0.128 e. The van der Waals surface area contributed by atoms with Crippen LogP contribution in [-0.4, -0.2) is 37.2 Å². The standard InChI is InChI=1S/C18H28N2O2/c1-3-4-11-21-14-5-6-15-16(19)13-18(22-17(15)12-14)7-9-20(2)10-8-18/h5-6,12,16H,3-4,7-11,13,19H2,1-2H3. The number of piperidine rings is 1. The average Bonchev–Trinajstić information content (AvgIpc) is 2.51. The number of unbranched alkanes of at least 4 members (excludes halogenated alkanes) is 1. The van der Waals surface area contributed by atoms with E-state index in [2.05, 4.69) is 24.9 Å². The molecule has 1 saturated heterocycles. The van der Waals surface area contributed by atoms with Crippen molar-refractivity contribution in [3.63, 3.8) is 0 Å². The van der Waals surface area contributed by atoms with Gasteiger partial charge in [-0.15, -0.1) is 0 Å². The maximum absolute atomic E-state index is 6.44. The minimum atomic E-state index is -0.0824. The van der Waals surface area contributed by atoms with Crippen LogP contribution in [0.4, 0.5) is 0 Å². The monoisotopic (exact) mass is 304 g/mol. The molecule has 2 aliphatic heterocycles. The van der Waals surface area contributed by atoms with Crippen molar-refractivity contribution in [3.8, 4) is 11.5 Å². The summed E-state index contributed by atoms with van der Waals surface area (Å²) in [7, 11) is 2.17. The van der Waals surface area contributed by atoms with Crippen molar-refractivity contribution < 1.29 is 9.47 Å². The third-order valence-corrected chi connectivity index (χ3v) is 4.97. The van der Waals surface area contributed by atoms with E-state index in [4.69, 9.17) is 15.2 Å². The summed E-state index contributed by atoms with van der Waals surface area (Å²) in [5, 5.41) is 0. The Hall–Kier alpha value is -1.26. The van der Waals surface area contributed by atoms with Gasteiger partial charge in [-0.3, -0.25) is 0 Å². The maximum atomic E-state index is 6.44. The molecule has 4 nitrogen and oxygen atoms in total. The van der Waals surface area contributed by atoms with Crippen LogP contribution in [0.15, 0.2) is 18.2 Å². The van der Waals surface area contributed by atoms with Gasteiger partial charge in [0.05, 0.1) is 6.61 Å². The number of ether oxygens (including phenoxy) is 2. The van der Waals surface area contributed by atoms with Gasteiger partial charge in [-0.05, 0) is 32.4 Å². The lowest BCUT2D eigenvalue weighted by Crippen LogP contribution is -2.50. The summed E-state index contributed by atoms with van der Waals surface area (Å²) >= 11 is 0. The van der Waals surface area contributed by atoms with Crippen molar-refractivity contribution in [3.05, 3.63) is 23.8 Å². The van der Waals surface area contributed by atoms with Crippen LogP contribution in [-0.2, 0) is 0 Å². The first-order chi connectivity index (χ1) is 10.6. The minimum Gasteiger partial charge on any atom is -0.493 e. The number of nitrogens with two attached hydrogens (primary N) is 1. The third kappa shape index (κ3) is 3.23. The van der Waals surface area contributed by atoms with Crippen molar-refractivity contribution in [1.82, 2.24) is 4.90 Å². The molecule has 1 unspecified atom stereocenters. The van der Waals surface area contributed by atoms with Gasteiger partial charge in [0.1, 0.15) is 17.1 Å². The summed E-state index contributed by atoms with van der Waals surface area (Å²) < 4.78 is 12.3. The number of rotatable bonds is 4.